The number of hydrogen-bond donors (Lipinski definition) is 0. The van der Waals surface area contributed by atoms with Gasteiger partial charge >= 0.3 is 0 Å². The Morgan fingerprint density at radius 3 is 2.67 bits per heavy atom. The molecule has 1 saturated carbocycles. The van der Waals surface area contributed by atoms with Gasteiger partial charge in [-0.1, -0.05) is 26.2 Å². The molecule has 12 heavy (non-hydrogen) atoms. The van der Waals surface area contributed by atoms with Gasteiger partial charge in [0.2, 0.25) is 0 Å². The zero-order valence-corrected chi connectivity index (χ0v) is 8.09. The molecule has 1 aliphatic carbocycles. The summed E-state index contributed by atoms with van der Waals surface area (Å²) >= 11 is 0. The number of nitrogens with zero attached hydrogens (tertiary/aromatic N) is 1. The normalized spacial score (nSPS) is 19.8. The SMILES string of the molecule is CC[N]CCOC1CCCCC1. The standard InChI is InChI=1S/C10H20NO/c1-2-11-8-9-12-10-6-4-3-5-7-10/h10H,2-9H2,1H3. The fourth-order valence-electron chi connectivity index (χ4n) is 1.67. The maximum Gasteiger partial charge on any atom is 0.0611 e. The van der Waals surface area contributed by atoms with E-state index in [0.717, 1.165) is 19.7 Å². The van der Waals surface area contributed by atoms with Crippen molar-refractivity contribution in [2.45, 2.75) is 45.1 Å². The van der Waals surface area contributed by atoms with Gasteiger partial charge < -0.3 is 4.74 Å². The third kappa shape index (κ3) is 4.07. The molecule has 0 aromatic rings. The lowest BCUT2D eigenvalue weighted by Gasteiger charge is -2.21. The lowest BCUT2D eigenvalue weighted by molar-refractivity contribution is 0.0302. The van der Waals surface area contributed by atoms with Crippen LogP contribution in [0.5, 0.6) is 0 Å². The Balaban J connectivity index is 1.91. The topological polar surface area (TPSA) is 23.3 Å². The third-order valence-corrected chi connectivity index (χ3v) is 2.38. The van der Waals surface area contributed by atoms with Crippen molar-refractivity contribution in [2.75, 3.05) is 19.7 Å². The zero-order chi connectivity index (χ0) is 8.65. The van der Waals surface area contributed by atoms with Crippen molar-refractivity contribution in [1.82, 2.24) is 5.32 Å². The van der Waals surface area contributed by atoms with Crippen molar-refractivity contribution in [3.63, 3.8) is 0 Å². The number of likely N-dealkylation sites (N-methyl/N-ethyl adjacent to an activating group) is 1. The average Bonchev–Trinajstić information content (AvgIpc) is 2.14. The van der Waals surface area contributed by atoms with Gasteiger partial charge in [0.25, 0.3) is 0 Å². The third-order valence-electron chi connectivity index (χ3n) is 2.38. The van der Waals surface area contributed by atoms with Crippen molar-refractivity contribution in [3.05, 3.63) is 0 Å². The van der Waals surface area contributed by atoms with E-state index in [1.165, 1.54) is 32.1 Å². The predicted octanol–water partition coefficient (Wildman–Crippen LogP) is 1.96. The van der Waals surface area contributed by atoms with Gasteiger partial charge in [-0.25, -0.2) is 5.32 Å². The summed E-state index contributed by atoms with van der Waals surface area (Å²) in [5, 5.41) is 4.23. The number of hydrogen-bond acceptors (Lipinski definition) is 1. The van der Waals surface area contributed by atoms with Crippen LogP contribution in [0.25, 0.3) is 0 Å². The van der Waals surface area contributed by atoms with Crippen LogP contribution in [0.2, 0.25) is 0 Å². The second-order valence-electron chi connectivity index (χ2n) is 3.39. The van der Waals surface area contributed by atoms with E-state index in [1.54, 1.807) is 0 Å². The van der Waals surface area contributed by atoms with Crippen LogP contribution >= 0.6 is 0 Å². The highest BCUT2D eigenvalue weighted by atomic mass is 16.5. The molecule has 1 fully saturated rings. The summed E-state index contributed by atoms with van der Waals surface area (Å²) in [5.41, 5.74) is 0. The van der Waals surface area contributed by atoms with E-state index in [-0.39, 0.29) is 0 Å². The van der Waals surface area contributed by atoms with Gasteiger partial charge in [-0.3, -0.25) is 0 Å². The Labute approximate surface area is 75.7 Å². The molecular formula is C10H20NO. The Morgan fingerprint density at radius 1 is 1.25 bits per heavy atom. The van der Waals surface area contributed by atoms with Crippen LogP contribution in [0.4, 0.5) is 0 Å². The molecule has 0 unspecified atom stereocenters. The first-order chi connectivity index (χ1) is 5.93. The van der Waals surface area contributed by atoms with Crippen molar-refractivity contribution in [3.8, 4) is 0 Å². The van der Waals surface area contributed by atoms with Crippen LogP contribution in [0.3, 0.4) is 0 Å². The van der Waals surface area contributed by atoms with Crippen LogP contribution < -0.4 is 5.32 Å². The Bertz CT molecular complexity index is 100. The first-order valence-electron chi connectivity index (χ1n) is 5.18. The van der Waals surface area contributed by atoms with E-state index in [0.29, 0.717) is 6.10 Å². The quantitative estimate of drug-likeness (QED) is 0.578. The highest BCUT2D eigenvalue weighted by molar-refractivity contribution is 4.65. The molecule has 0 amide bonds. The second kappa shape index (κ2) is 6.44. The van der Waals surface area contributed by atoms with Gasteiger partial charge in [0.15, 0.2) is 0 Å². The summed E-state index contributed by atoms with van der Waals surface area (Å²) in [6.07, 6.45) is 7.20. The van der Waals surface area contributed by atoms with Gasteiger partial charge in [-0.05, 0) is 12.8 Å². The first kappa shape index (κ1) is 10.0. The predicted molar refractivity (Wildman–Crippen MR) is 50.4 cm³/mol. The van der Waals surface area contributed by atoms with Crippen molar-refractivity contribution in [1.29, 1.82) is 0 Å². The Hall–Kier alpha value is -0.0800. The lowest BCUT2D eigenvalue weighted by Crippen LogP contribution is -2.21. The highest BCUT2D eigenvalue weighted by Crippen LogP contribution is 2.19. The van der Waals surface area contributed by atoms with E-state index < -0.39 is 0 Å². The van der Waals surface area contributed by atoms with Crippen LogP contribution in [0.1, 0.15) is 39.0 Å². The van der Waals surface area contributed by atoms with Crippen LogP contribution in [0.15, 0.2) is 0 Å². The molecule has 0 bridgehead atoms. The minimum atomic E-state index is 0.547. The molecule has 0 saturated heterocycles. The molecule has 71 valence electrons. The fraction of sp³-hybridized carbons (Fsp3) is 1.00. The summed E-state index contributed by atoms with van der Waals surface area (Å²) in [5.74, 6) is 0. The zero-order valence-electron chi connectivity index (χ0n) is 8.09. The first-order valence-corrected chi connectivity index (χ1v) is 5.18. The monoisotopic (exact) mass is 170 g/mol. The van der Waals surface area contributed by atoms with Crippen molar-refractivity contribution < 1.29 is 4.74 Å². The second-order valence-corrected chi connectivity index (χ2v) is 3.39. The summed E-state index contributed by atoms with van der Waals surface area (Å²) < 4.78 is 5.69. The summed E-state index contributed by atoms with van der Waals surface area (Å²) in [4.78, 5) is 0. The molecule has 0 N–H and O–H groups in total. The van der Waals surface area contributed by atoms with Crippen molar-refractivity contribution in [2.24, 2.45) is 0 Å². The fourth-order valence-corrected chi connectivity index (χ4v) is 1.67. The molecule has 1 rings (SSSR count). The van der Waals surface area contributed by atoms with E-state index >= 15 is 0 Å². The largest absolute Gasteiger partial charge is 0.377 e. The molecule has 2 nitrogen and oxygen atoms in total. The average molecular weight is 170 g/mol. The molecule has 1 radical (unpaired) electrons. The van der Waals surface area contributed by atoms with E-state index in [2.05, 4.69) is 12.2 Å². The van der Waals surface area contributed by atoms with Gasteiger partial charge in [0.1, 0.15) is 0 Å². The van der Waals surface area contributed by atoms with E-state index in [1.807, 2.05) is 0 Å². The number of ether oxygens (including phenoxy) is 1. The molecule has 0 aliphatic heterocycles. The molecule has 1 aliphatic rings. The Kier molecular flexibility index (Phi) is 5.37. The molecular weight excluding hydrogens is 150 g/mol. The van der Waals surface area contributed by atoms with Crippen molar-refractivity contribution >= 4 is 0 Å². The highest BCUT2D eigenvalue weighted by Gasteiger charge is 2.12. The molecule has 0 aromatic carbocycles. The van der Waals surface area contributed by atoms with Gasteiger partial charge in [-0.15, -0.1) is 0 Å². The van der Waals surface area contributed by atoms with Crippen LogP contribution in [0, 0.1) is 0 Å². The summed E-state index contributed by atoms with van der Waals surface area (Å²) in [6, 6.07) is 0. The van der Waals surface area contributed by atoms with Crippen LogP contribution in [-0.2, 0) is 4.74 Å². The van der Waals surface area contributed by atoms with Gasteiger partial charge in [-0.2, -0.15) is 0 Å². The number of rotatable bonds is 5. The molecule has 0 heterocycles. The molecule has 0 spiro atoms. The summed E-state index contributed by atoms with van der Waals surface area (Å²) in [6.45, 7) is 4.71. The maximum atomic E-state index is 5.69. The smallest absolute Gasteiger partial charge is 0.0611 e. The van der Waals surface area contributed by atoms with Gasteiger partial charge in [0.05, 0.1) is 12.7 Å². The van der Waals surface area contributed by atoms with E-state index in [4.69, 9.17) is 4.74 Å². The minimum absolute atomic E-state index is 0.547. The van der Waals surface area contributed by atoms with Crippen LogP contribution in [-0.4, -0.2) is 25.8 Å². The lowest BCUT2D eigenvalue weighted by atomic mass is 9.98. The molecule has 0 atom stereocenters. The maximum absolute atomic E-state index is 5.69. The Morgan fingerprint density at radius 2 is 2.00 bits per heavy atom. The molecule has 0 aromatic heterocycles. The summed E-state index contributed by atoms with van der Waals surface area (Å²) in [7, 11) is 0. The minimum Gasteiger partial charge on any atom is -0.377 e. The van der Waals surface area contributed by atoms with E-state index in [9.17, 15) is 0 Å². The van der Waals surface area contributed by atoms with Gasteiger partial charge in [0, 0.05) is 13.1 Å². The molecule has 2 heteroatoms.